The van der Waals surface area contributed by atoms with Gasteiger partial charge in [0.1, 0.15) is 5.75 Å². The molecule has 2 aromatic rings. The lowest BCUT2D eigenvalue weighted by Gasteiger charge is -2.35. The van der Waals surface area contributed by atoms with Gasteiger partial charge in [0.25, 0.3) is 5.91 Å². The third-order valence-electron chi connectivity index (χ3n) is 4.67. The molecule has 0 bridgehead atoms. The maximum absolute atomic E-state index is 12.7. The van der Waals surface area contributed by atoms with Crippen LogP contribution >= 0.6 is 11.6 Å². The number of aryl methyl sites for hydroxylation is 1. The summed E-state index contributed by atoms with van der Waals surface area (Å²) in [4.78, 5) is 14.6. The molecule has 2 aromatic carbocycles. The first-order valence-electron chi connectivity index (χ1n) is 9.06. The van der Waals surface area contributed by atoms with Crippen LogP contribution in [0.3, 0.4) is 0 Å². The van der Waals surface area contributed by atoms with Gasteiger partial charge in [0.15, 0.2) is 6.10 Å². The first-order valence-corrected chi connectivity index (χ1v) is 10.9. The van der Waals surface area contributed by atoms with E-state index in [4.69, 9.17) is 16.3 Å². The standard InChI is InChI=1S/C20H23ClN2O4S/c1-15-8-9-18(21)19(14-15)27-16(2)20(24)22-10-12-23(13-11-22)28(25,26)17-6-4-3-5-7-17/h3-9,14,16H,10-13H2,1-2H3/t16-/m0/s1. The molecule has 0 N–H and O–H groups in total. The van der Waals surface area contributed by atoms with Crippen LogP contribution in [0.25, 0.3) is 0 Å². The fourth-order valence-corrected chi connectivity index (χ4v) is 4.69. The Morgan fingerprint density at radius 1 is 1.07 bits per heavy atom. The van der Waals surface area contributed by atoms with Gasteiger partial charge in [0.2, 0.25) is 10.0 Å². The number of rotatable bonds is 5. The number of piperazine rings is 1. The smallest absolute Gasteiger partial charge is 0.263 e. The molecule has 6 nitrogen and oxygen atoms in total. The highest BCUT2D eigenvalue weighted by atomic mass is 35.5. The Bertz CT molecular complexity index is 942. The summed E-state index contributed by atoms with van der Waals surface area (Å²) in [7, 11) is -3.54. The zero-order valence-electron chi connectivity index (χ0n) is 15.8. The van der Waals surface area contributed by atoms with Crippen molar-refractivity contribution in [3.05, 3.63) is 59.1 Å². The summed E-state index contributed by atoms with van der Waals surface area (Å²) >= 11 is 6.14. The Balaban J connectivity index is 1.61. The van der Waals surface area contributed by atoms with Crippen molar-refractivity contribution in [3.8, 4) is 5.75 Å². The van der Waals surface area contributed by atoms with Crippen molar-refractivity contribution >= 4 is 27.5 Å². The number of amides is 1. The van der Waals surface area contributed by atoms with Gasteiger partial charge < -0.3 is 9.64 Å². The van der Waals surface area contributed by atoms with E-state index in [1.807, 2.05) is 13.0 Å². The second-order valence-electron chi connectivity index (χ2n) is 6.74. The topological polar surface area (TPSA) is 66.9 Å². The van der Waals surface area contributed by atoms with Gasteiger partial charge in [-0.05, 0) is 43.7 Å². The molecule has 1 atom stereocenters. The quantitative estimate of drug-likeness (QED) is 0.743. The number of carbonyl (C=O) groups is 1. The van der Waals surface area contributed by atoms with Crippen molar-refractivity contribution < 1.29 is 17.9 Å². The molecule has 0 unspecified atom stereocenters. The lowest BCUT2D eigenvalue weighted by molar-refractivity contribution is -0.139. The summed E-state index contributed by atoms with van der Waals surface area (Å²) in [6.45, 7) is 4.73. The van der Waals surface area contributed by atoms with E-state index in [1.54, 1.807) is 54.3 Å². The highest BCUT2D eigenvalue weighted by Gasteiger charge is 2.32. The average Bonchev–Trinajstić information content (AvgIpc) is 2.71. The number of hydrogen-bond donors (Lipinski definition) is 0. The van der Waals surface area contributed by atoms with Crippen LogP contribution in [-0.2, 0) is 14.8 Å². The van der Waals surface area contributed by atoms with Crippen molar-refractivity contribution in [2.24, 2.45) is 0 Å². The molecule has 1 saturated heterocycles. The zero-order valence-corrected chi connectivity index (χ0v) is 17.4. The molecule has 1 aliphatic heterocycles. The number of ether oxygens (including phenoxy) is 1. The highest BCUT2D eigenvalue weighted by Crippen LogP contribution is 2.26. The van der Waals surface area contributed by atoms with Crippen LogP contribution < -0.4 is 4.74 Å². The Morgan fingerprint density at radius 2 is 1.71 bits per heavy atom. The molecule has 28 heavy (non-hydrogen) atoms. The van der Waals surface area contributed by atoms with E-state index in [0.29, 0.717) is 23.9 Å². The Kier molecular flexibility index (Phi) is 6.27. The lowest BCUT2D eigenvalue weighted by Crippen LogP contribution is -2.53. The highest BCUT2D eigenvalue weighted by molar-refractivity contribution is 7.89. The molecule has 150 valence electrons. The fraction of sp³-hybridized carbons (Fsp3) is 0.350. The van der Waals surface area contributed by atoms with Crippen molar-refractivity contribution in [2.45, 2.75) is 24.8 Å². The summed E-state index contributed by atoms with van der Waals surface area (Å²) < 4.78 is 32.5. The fourth-order valence-electron chi connectivity index (χ4n) is 3.09. The van der Waals surface area contributed by atoms with Crippen LogP contribution in [0.5, 0.6) is 5.75 Å². The van der Waals surface area contributed by atoms with E-state index < -0.39 is 16.1 Å². The van der Waals surface area contributed by atoms with Crippen LogP contribution in [0.2, 0.25) is 5.02 Å². The van der Waals surface area contributed by atoms with Gasteiger partial charge in [0.05, 0.1) is 9.92 Å². The van der Waals surface area contributed by atoms with Crippen molar-refractivity contribution in [1.82, 2.24) is 9.21 Å². The second-order valence-corrected chi connectivity index (χ2v) is 9.08. The van der Waals surface area contributed by atoms with E-state index in [2.05, 4.69) is 0 Å². The van der Waals surface area contributed by atoms with E-state index in [-0.39, 0.29) is 23.9 Å². The third-order valence-corrected chi connectivity index (χ3v) is 6.89. The van der Waals surface area contributed by atoms with Crippen LogP contribution in [0.15, 0.2) is 53.4 Å². The third kappa shape index (κ3) is 4.48. The molecule has 0 radical (unpaired) electrons. The van der Waals surface area contributed by atoms with E-state index >= 15 is 0 Å². The minimum absolute atomic E-state index is 0.186. The van der Waals surface area contributed by atoms with Crippen molar-refractivity contribution in [2.75, 3.05) is 26.2 Å². The van der Waals surface area contributed by atoms with Crippen LogP contribution in [0.1, 0.15) is 12.5 Å². The predicted octanol–water partition coefficient (Wildman–Crippen LogP) is 2.95. The Morgan fingerprint density at radius 3 is 2.36 bits per heavy atom. The molecule has 3 rings (SSSR count). The number of halogens is 1. The largest absolute Gasteiger partial charge is 0.479 e. The normalized spacial score (nSPS) is 16.6. The molecule has 1 heterocycles. The summed E-state index contributed by atoms with van der Waals surface area (Å²) in [6, 6.07) is 13.7. The van der Waals surface area contributed by atoms with Gasteiger partial charge in [-0.25, -0.2) is 8.42 Å². The first kappa shape index (κ1) is 20.6. The van der Waals surface area contributed by atoms with Crippen LogP contribution in [0, 0.1) is 6.92 Å². The first-order chi connectivity index (χ1) is 13.3. The molecule has 8 heteroatoms. The average molecular weight is 423 g/mol. The van der Waals surface area contributed by atoms with Crippen LogP contribution in [-0.4, -0.2) is 55.8 Å². The Hall–Kier alpha value is -2.09. The number of sulfonamides is 1. The van der Waals surface area contributed by atoms with Gasteiger partial charge in [-0.1, -0.05) is 35.9 Å². The van der Waals surface area contributed by atoms with Crippen LogP contribution in [0.4, 0.5) is 0 Å². The molecular formula is C20H23ClN2O4S. The predicted molar refractivity (Wildman–Crippen MR) is 108 cm³/mol. The van der Waals surface area contributed by atoms with Gasteiger partial charge in [-0.2, -0.15) is 4.31 Å². The summed E-state index contributed by atoms with van der Waals surface area (Å²) in [5.41, 5.74) is 0.985. The molecule has 0 spiro atoms. The number of nitrogens with zero attached hydrogens (tertiary/aromatic N) is 2. The van der Waals surface area contributed by atoms with Gasteiger partial charge in [-0.3, -0.25) is 4.79 Å². The molecule has 0 saturated carbocycles. The minimum Gasteiger partial charge on any atom is -0.479 e. The van der Waals surface area contributed by atoms with Gasteiger partial charge in [-0.15, -0.1) is 0 Å². The Labute approximate surface area is 170 Å². The lowest BCUT2D eigenvalue weighted by atomic mass is 10.2. The van der Waals surface area contributed by atoms with E-state index in [9.17, 15) is 13.2 Å². The number of carbonyl (C=O) groups excluding carboxylic acids is 1. The number of benzene rings is 2. The molecule has 1 fully saturated rings. The van der Waals surface area contributed by atoms with Gasteiger partial charge in [0, 0.05) is 26.2 Å². The SMILES string of the molecule is Cc1ccc(Cl)c(O[C@@H](C)C(=O)N2CCN(S(=O)(=O)c3ccccc3)CC2)c1. The molecule has 0 aromatic heterocycles. The van der Waals surface area contributed by atoms with Crippen molar-refractivity contribution in [3.63, 3.8) is 0 Å². The molecule has 1 amide bonds. The van der Waals surface area contributed by atoms with E-state index in [0.717, 1.165) is 5.56 Å². The maximum atomic E-state index is 12.7. The maximum Gasteiger partial charge on any atom is 0.263 e. The summed E-state index contributed by atoms with van der Waals surface area (Å²) in [5.74, 6) is 0.280. The van der Waals surface area contributed by atoms with Gasteiger partial charge >= 0.3 is 0 Å². The summed E-state index contributed by atoms with van der Waals surface area (Å²) in [5, 5.41) is 0.448. The summed E-state index contributed by atoms with van der Waals surface area (Å²) in [6.07, 6.45) is -0.711. The minimum atomic E-state index is -3.54. The number of hydrogen-bond acceptors (Lipinski definition) is 4. The second kappa shape index (κ2) is 8.51. The molecule has 1 aliphatic rings. The van der Waals surface area contributed by atoms with E-state index in [1.165, 1.54) is 4.31 Å². The van der Waals surface area contributed by atoms with Crippen molar-refractivity contribution in [1.29, 1.82) is 0 Å². The monoisotopic (exact) mass is 422 g/mol. The zero-order chi connectivity index (χ0) is 20.3. The molecular weight excluding hydrogens is 400 g/mol. The molecule has 0 aliphatic carbocycles.